The van der Waals surface area contributed by atoms with E-state index in [1.165, 1.54) is 13.2 Å². The maximum absolute atomic E-state index is 13.4. The molecule has 42 heavy (non-hydrogen) atoms. The Kier molecular flexibility index (Phi) is 8.76. The number of carbonyl (C=O) groups excluding carboxylic acids is 3. The van der Waals surface area contributed by atoms with Crippen molar-refractivity contribution in [3.05, 3.63) is 123 Å². The van der Waals surface area contributed by atoms with Gasteiger partial charge in [-0.15, -0.1) is 0 Å². The van der Waals surface area contributed by atoms with Gasteiger partial charge in [0.2, 0.25) is 0 Å². The maximum atomic E-state index is 13.4. The van der Waals surface area contributed by atoms with Crippen molar-refractivity contribution in [1.82, 2.24) is 5.32 Å². The fourth-order valence-electron chi connectivity index (χ4n) is 4.21. The Labute approximate surface area is 252 Å². The van der Waals surface area contributed by atoms with Gasteiger partial charge in [-0.05, 0) is 71.8 Å². The number of barbiturate groups is 1. The zero-order valence-corrected chi connectivity index (χ0v) is 23.8. The van der Waals surface area contributed by atoms with Gasteiger partial charge in [-0.1, -0.05) is 59.6 Å². The number of methoxy groups -OCH3 is 1. The first-order valence-corrected chi connectivity index (χ1v) is 13.5. The van der Waals surface area contributed by atoms with Crippen LogP contribution in [0.5, 0.6) is 17.2 Å². The van der Waals surface area contributed by atoms with Crippen LogP contribution in [0.25, 0.3) is 6.08 Å². The van der Waals surface area contributed by atoms with Gasteiger partial charge in [0.15, 0.2) is 11.5 Å². The quantitative estimate of drug-likeness (QED) is 0.167. The lowest BCUT2D eigenvalue weighted by atomic mass is 10.1. The van der Waals surface area contributed by atoms with Crippen molar-refractivity contribution in [2.24, 2.45) is 0 Å². The molecule has 0 saturated carbocycles. The highest BCUT2D eigenvalue weighted by molar-refractivity contribution is 6.39. The molecule has 4 amide bonds. The van der Waals surface area contributed by atoms with Crippen LogP contribution in [0.1, 0.15) is 16.7 Å². The summed E-state index contributed by atoms with van der Waals surface area (Å²) in [7, 11) is 1.49. The number of hydrogen-bond acceptors (Lipinski definition) is 6. The molecule has 1 aliphatic rings. The highest BCUT2D eigenvalue weighted by Crippen LogP contribution is 2.31. The molecule has 10 heteroatoms. The highest BCUT2D eigenvalue weighted by Gasteiger charge is 2.36. The van der Waals surface area contributed by atoms with Crippen LogP contribution in [0, 0.1) is 0 Å². The Morgan fingerprint density at radius 1 is 0.810 bits per heavy atom. The Balaban J connectivity index is 1.31. The van der Waals surface area contributed by atoms with Gasteiger partial charge < -0.3 is 14.2 Å². The van der Waals surface area contributed by atoms with E-state index in [-0.39, 0.29) is 24.5 Å². The number of halogens is 2. The molecule has 1 heterocycles. The van der Waals surface area contributed by atoms with Crippen LogP contribution in [0.4, 0.5) is 10.5 Å². The van der Waals surface area contributed by atoms with E-state index in [0.29, 0.717) is 32.9 Å². The van der Waals surface area contributed by atoms with Gasteiger partial charge in [-0.25, -0.2) is 9.69 Å². The van der Waals surface area contributed by atoms with Gasteiger partial charge in [0.05, 0.1) is 12.8 Å². The monoisotopic (exact) mass is 602 g/mol. The number of nitrogens with one attached hydrogen (secondary N) is 1. The van der Waals surface area contributed by atoms with E-state index in [0.717, 1.165) is 16.0 Å². The molecule has 0 unspecified atom stereocenters. The molecule has 4 aromatic rings. The molecular weight excluding hydrogens is 579 g/mol. The Bertz CT molecular complexity index is 1690. The summed E-state index contributed by atoms with van der Waals surface area (Å²) >= 11 is 12.2. The third-order valence-corrected chi connectivity index (χ3v) is 6.93. The summed E-state index contributed by atoms with van der Waals surface area (Å²) < 4.78 is 17.1. The van der Waals surface area contributed by atoms with Crippen LogP contribution in [0.3, 0.4) is 0 Å². The molecule has 1 saturated heterocycles. The summed E-state index contributed by atoms with van der Waals surface area (Å²) in [6, 6.07) is 25.1. The molecule has 4 aromatic carbocycles. The van der Waals surface area contributed by atoms with E-state index >= 15 is 0 Å². The van der Waals surface area contributed by atoms with Crippen molar-refractivity contribution in [2.75, 3.05) is 12.0 Å². The Hall–Kier alpha value is -4.79. The first kappa shape index (κ1) is 28.7. The second-order valence-electron chi connectivity index (χ2n) is 9.16. The SMILES string of the molecule is COc1cc(/C=C2\C(=O)NC(=O)N(c3ccc(OCc4ccccc4Cl)cc3)C2=O)ccc1OCc1cccc(Cl)c1. The molecule has 1 aliphatic heterocycles. The van der Waals surface area contributed by atoms with E-state index in [1.54, 1.807) is 60.7 Å². The molecule has 0 aromatic heterocycles. The molecule has 1 N–H and O–H groups in total. The van der Waals surface area contributed by atoms with Crippen LogP contribution in [-0.4, -0.2) is 25.0 Å². The number of benzene rings is 4. The van der Waals surface area contributed by atoms with Gasteiger partial charge in [0.25, 0.3) is 11.8 Å². The summed E-state index contributed by atoms with van der Waals surface area (Å²) in [5.41, 5.74) is 2.24. The summed E-state index contributed by atoms with van der Waals surface area (Å²) in [4.78, 5) is 39.6. The molecule has 1 fully saturated rings. The van der Waals surface area contributed by atoms with Gasteiger partial charge in [-0.3, -0.25) is 14.9 Å². The average molecular weight is 603 g/mol. The number of rotatable bonds is 9. The van der Waals surface area contributed by atoms with E-state index in [9.17, 15) is 14.4 Å². The zero-order valence-electron chi connectivity index (χ0n) is 22.3. The second-order valence-corrected chi connectivity index (χ2v) is 10.0. The van der Waals surface area contributed by atoms with Crippen molar-refractivity contribution in [3.63, 3.8) is 0 Å². The lowest BCUT2D eigenvalue weighted by Crippen LogP contribution is -2.54. The van der Waals surface area contributed by atoms with Crippen LogP contribution in [0.15, 0.2) is 96.6 Å². The topological polar surface area (TPSA) is 94.2 Å². The number of carbonyl (C=O) groups is 3. The number of imide groups is 2. The number of amides is 4. The minimum atomic E-state index is -0.853. The van der Waals surface area contributed by atoms with Crippen molar-refractivity contribution in [3.8, 4) is 17.2 Å². The number of hydrogen-bond donors (Lipinski definition) is 1. The van der Waals surface area contributed by atoms with E-state index in [1.807, 2.05) is 30.3 Å². The van der Waals surface area contributed by atoms with E-state index in [2.05, 4.69) is 5.32 Å². The second kappa shape index (κ2) is 12.8. The minimum absolute atomic E-state index is 0.219. The van der Waals surface area contributed by atoms with Crippen molar-refractivity contribution in [1.29, 1.82) is 0 Å². The summed E-state index contributed by atoms with van der Waals surface area (Å²) in [6.45, 7) is 0.511. The third-order valence-electron chi connectivity index (χ3n) is 6.33. The van der Waals surface area contributed by atoms with Gasteiger partial charge in [0, 0.05) is 15.6 Å². The average Bonchev–Trinajstić information content (AvgIpc) is 2.98. The zero-order chi connectivity index (χ0) is 29.6. The molecule has 212 valence electrons. The maximum Gasteiger partial charge on any atom is 0.335 e. The third kappa shape index (κ3) is 6.57. The molecule has 8 nitrogen and oxygen atoms in total. The molecule has 5 rings (SSSR count). The van der Waals surface area contributed by atoms with Crippen molar-refractivity contribution < 1.29 is 28.6 Å². The van der Waals surface area contributed by atoms with Crippen LogP contribution in [0.2, 0.25) is 10.0 Å². The molecule has 0 aliphatic carbocycles. The molecule has 0 spiro atoms. The fraction of sp³-hybridized carbons (Fsp3) is 0.0938. The number of nitrogens with zero attached hydrogens (tertiary/aromatic N) is 1. The van der Waals surface area contributed by atoms with Gasteiger partial charge in [-0.2, -0.15) is 0 Å². The number of urea groups is 1. The van der Waals surface area contributed by atoms with Crippen LogP contribution >= 0.6 is 23.2 Å². The van der Waals surface area contributed by atoms with Crippen LogP contribution in [-0.2, 0) is 22.8 Å². The van der Waals surface area contributed by atoms with Crippen LogP contribution < -0.4 is 24.4 Å². The minimum Gasteiger partial charge on any atom is -0.493 e. The lowest BCUT2D eigenvalue weighted by Gasteiger charge is -2.26. The predicted molar refractivity (Wildman–Crippen MR) is 160 cm³/mol. The van der Waals surface area contributed by atoms with E-state index < -0.39 is 17.8 Å². The Morgan fingerprint density at radius 3 is 2.33 bits per heavy atom. The smallest absolute Gasteiger partial charge is 0.335 e. The number of anilines is 1. The number of ether oxygens (including phenoxy) is 3. The highest BCUT2D eigenvalue weighted by atomic mass is 35.5. The van der Waals surface area contributed by atoms with Gasteiger partial charge >= 0.3 is 6.03 Å². The standard InChI is InChI=1S/C32H24Cl2N2O6/c1-40-29-17-20(9-14-28(29)42-18-21-5-4-7-23(33)15-21)16-26-30(37)35-32(39)36(31(26)38)24-10-12-25(13-11-24)41-19-22-6-2-3-8-27(22)34/h2-17H,18-19H2,1H3,(H,35,37,39)/b26-16+. The van der Waals surface area contributed by atoms with E-state index in [4.69, 9.17) is 37.4 Å². The van der Waals surface area contributed by atoms with Crippen molar-refractivity contribution >= 4 is 52.8 Å². The first-order valence-electron chi connectivity index (χ1n) is 12.8. The first-order chi connectivity index (χ1) is 20.3. The van der Waals surface area contributed by atoms with Crippen molar-refractivity contribution in [2.45, 2.75) is 13.2 Å². The molecular formula is C32H24Cl2N2O6. The molecule has 0 bridgehead atoms. The normalized spacial score (nSPS) is 14.1. The lowest BCUT2D eigenvalue weighted by molar-refractivity contribution is -0.122. The summed E-state index contributed by atoms with van der Waals surface area (Å²) in [5, 5.41) is 3.42. The predicted octanol–water partition coefficient (Wildman–Crippen LogP) is 6.83. The fourth-order valence-corrected chi connectivity index (χ4v) is 4.61. The summed E-state index contributed by atoms with van der Waals surface area (Å²) in [6.07, 6.45) is 1.39. The van der Waals surface area contributed by atoms with Gasteiger partial charge in [0.1, 0.15) is 24.5 Å². The molecule has 0 radical (unpaired) electrons. The molecule has 0 atom stereocenters. The largest absolute Gasteiger partial charge is 0.493 e. The Morgan fingerprint density at radius 2 is 1.60 bits per heavy atom. The summed E-state index contributed by atoms with van der Waals surface area (Å²) in [5.74, 6) is -0.196.